The van der Waals surface area contributed by atoms with Crippen LogP contribution in [0, 0.1) is 13.8 Å². The number of hydrogen-bond donors (Lipinski definition) is 0. The molecular weight excluding hydrogens is 380 g/mol. The first-order valence-electron chi connectivity index (χ1n) is 8.52. The van der Waals surface area contributed by atoms with Gasteiger partial charge in [0, 0.05) is 36.3 Å². The van der Waals surface area contributed by atoms with Crippen LogP contribution in [0.15, 0.2) is 46.9 Å². The Labute approximate surface area is 157 Å². The Kier molecular flexibility index (Phi) is 5.63. The van der Waals surface area contributed by atoms with Crippen molar-refractivity contribution < 1.29 is 9.53 Å². The molecule has 1 aliphatic rings. The molecule has 1 fully saturated rings. The third-order valence-electron chi connectivity index (χ3n) is 4.56. The lowest BCUT2D eigenvalue weighted by atomic mass is 10.1. The Morgan fingerprint density at radius 3 is 2.40 bits per heavy atom. The van der Waals surface area contributed by atoms with E-state index in [2.05, 4.69) is 33.0 Å². The van der Waals surface area contributed by atoms with Crippen LogP contribution in [0.2, 0.25) is 0 Å². The number of aryl methyl sites for hydroxylation is 2. The van der Waals surface area contributed by atoms with Crippen LogP contribution in [-0.2, 0) is 4.79 Å². The molecule has 1 saturated heterocycles. The molecule has 4 nitrogen and oxygen atoms in total. The van der Waals surface area contributed by atoms with E-state index < -0.39 is 0 Å². The summed E-state index contributed by atoms with van der Waals surface area (Å²) >= 11 is 3.51. The van der Waals surface area contributed by atoms with Gasteiger partial charge >= 0.3 is 0 Å². The molecule has 0 unspecified atom stereocenters. The van der Waals surface area contributed by atoms with E-state index in [1.807, 2.05) is 49.1 Å². The average Bonchev–Trinajstić information content (AvgIpc) is 2.64. The minimum atomic E-state index is 0.0488. The van der Waals surface area contributed by atoms with Crippen LogP contribution in [0.4, 0.5) is 5.69 Å². The van der Waals surface area contributed by atoms with Gasteiger partial charge in [0.05, 0.1) is 0 Å². The number of halogens is 1. The molecule has 1 amide bonds. The van der Waals surface area contributed by atoms with E-state index in [-0.39, 0.29) is 12.5 Å². The van der Waals surface area contributed by atoms with E-state index in [1.165, 1.54) is 5.69 Å². The zero-order chi connectivity index (χ0) is 17.8. The van der Waals surface area contributed by atoms with Crippen molar-refractivity contribution in [3.8, 4) is 5.75 Å². The van der Waals surface area contributed by atoms with Crippen molar-refractivity contribution in [3.05, 3.63) is 58.1 Å². The number of piperazine rings is 1. The largest absolute Gasteiger partial charge is 0.483 e. The second-order valence-corrected chi connectivity index (χ2v) is 7.21. The van der Waals surface area contributed by atoms with Gasteiger partial charge in [0.15, 0.2) is 6.61 Å². The maximum Gasteiger partial charge on any atom is 0.260 e. The van der Waals surface area contributed by atoms with E-state index in [1.54, 1.807) is 0 Å². The van der Waals surface area contributed by atoms with Crippen molar-refractivity contribution in [3.63, 3.8) is 0 Å². The third kappa shape index (κ3) is 4.34. The van der Waals surface area contributed by atoms with E-state index in [0.717, 1.165) is 47.5 Å². The smallest absolute Gasteiger partial charge is 0.260 e. The Hall–Kier alpha value is -2.01. The molecule has 5 heteroatoms. The lowest BCUT2D eigenvalue weighted by molar-refractivity contribution is -0.133. The lowest BCUT2D eigenvalue weighted by Crippen LogP contribution is -2.50. The molecule has 2 aromatic carbocycles. The summed E-state index contributed by atoms with van der Waals surface area (Å²) in [5.74, 6) is 0.824. The number of nitrogens with zero attached hydrogens (tertiary/aromatic N) is 2. The van der Waals surface area contributed by atoms with Crippen molar-refractivity contribution in [2.24, 2.45) is 0 Å². The highest BCUT2D eigenvalue weighted by molar-refractivity contribution is 9.10. The molecule has 25 heavy (non-hydrogen) atoms. The van der Waals surface area contributed by atoms with Crippen molar-refractivity contribution in [1.29, 1.82) is 0 Å². The number of amides is 1. The van der Waals surface area contributed by atoms with E-state index in [9.17, 15) is 4.79 Å². The van der Waals surface area contributed by atoms with Gasteiger partial charge < -0.3 is 14.5 Å². The Morgan fingerprint density at radius 2 is 1.72 bits per heavy atom. The zero-order valence-corrected chi connectivity index (χ0v) is 16.3. The van der Waals surface area contributed by atoms with Gasteiger partial charge in [-0.25, -0.2) is 0 Å². The number of para-hydroxylation sites is 1. The van der Waals surface area contributed by atoms with Gasteiger partial charge in [-0.2, -0.15) is 0 Å². The van der Waals surface area contributed by atoms with Crippen LogP contribution in [0.25, 0.3) is 0 Å². The summed E-state index contributed by atoms with van der Waals surface area (Å²) in [4.78, 5) is 16.7. The Balaban J connectivity index is 1.52. The minimum Gasteiger partial charge on any atom is -0.483 e. The number of rotatable bonds is 4. The number of hydrogen-bond acceptors (Lipinski definition) is 3. The summed E-state index contributed by atoms with van der Waals surface area (Å²) in [6.07, 6.45) is 0. The predicted octanol–water partition coefficient (Wildman–Crippen LogP) is 3.79. The molecule has 0 aromatic heterocycles. The third-order valence-corrected chi connectivity index (χ3v) is 5.42. The van der Waals surface area contributed by atoms with E-state index in [0.29, 0.717) is 0 Å². The molecular formula is C20H23BrN2O2. The predicted molar refractivity (Wildman–Crippen MR) is 104 cm³/mol. The fraction of sp³-hybridized carbons (Fsp3) is 0.350. The van der Waals surface area contributed by atoms with E-state index in [4.69, 9.17) is 4.74 Å². The molecule has 2 aromatic rings. The highest BCUT2D eigenvalue weighted by Gasteiger charge is 2.21. The molecule has 0 N–H and O–H groups in total. The number of benzene rings is 2. The summed E-state index contributed by atoms with van der Waals surface area (Å²) in [6.45, 7) is 7.26. The normalized spacial score (nSPS) is 14.5. The van der Waals surface area contributed by atoms with E-state index >= 15 is 0 Å². The first-order chi connectivity index (χ1) is 12.0. The first-order valence-corrected chi connectivity index (χ1v) is 9.31. The molecule has 3 rings (SSSR count). The summed E-state index contributed by atoms with van der Waals surface area (Å²) in [5, 5.41) is 0. The monoisotopic (exact) mass is 402 g/mol. The standard InChI is InChI=1S/C20H23BrN2O2/c1-15-13-19(16(2)12-18(15)21)25-14-20(24)23-10-8-22(9-11-23)17-6-4-3-5-7-17/h3-7,12-13H,8-11,14H2,1-2H3. The van der Waals surface area contributed by atoms with Crippen LogP contribution in [0.3, 0.4) is 0 Å². The highest BCUT2D eigenvalue weighted by atomic mass is 79.9. The first kappa shape index (κ1) is 17.8. The summed E-state index contributed by atoms with van der Waals surface area (Å²) in [6, 6.07) is 14.3. The quantitative estimate of drug-likeness (QED) is 0.779. The maximum atomic E-state index is 12.5. The van der Waals surface area contributed by atoms with Gasteiger partial charge in [-0.1, -0.05) is 34.1 Å². The van der Waals surface area contributed by atoms with Crippen molar-refractivity contribution in [2.45, 2.75) is 13.8 Å². The minimum absolute atomic E-state index is 0.0488. The Morgan fingerprint density at radius 1 is 1.04 bits per heavy atom. The molecule has 1 heterocycles. The summed E-state index contributed by atoms with van der Waals surface area (Å²) < 4.78 is 6.83. The van der Waals surface area contributed by atoms with Crippen LogP contribution in [0.1, 0.15) is 11.1 Å². The maximum absolute atomic E-state index is 12.5. The van der Waals surface area contributed by atoms with Gasteiger partial charge in [0.1, 0.15) is 5.75 Å². The molecule has 0 radical (unpaired) electrons. The number of anilines is 1. The molecule has 0 aliphatic carbocycles. The fourth-order valence-corrected chi connectivity index (χ4v) is 3.45. The number of ether oxygens (including phenoxy) is 1. The van der Waals surface area contributed by atoms with Gasteiger partial charge in [0.25, 0.3) is 5.91 Å². The SMILES string of the molecule is Cc1cc(OCC(=O)N2CCN(c3ccccc3)CC2)c(C)cc1Br. The van der Waals surface area contributed by atoms with Gasteiger partial charge in [-0.15, -0.1) is 0 Å². The van der Waals surface area contributed by atoms with Gasteiger partial charge in [0.2, 0.25) is 0 Å². The summed E-state index contributed by atoms with van der Waals surface area (Å²) in [7, 11) is 0. The molecule has 132 valence electrons. The van der Waals surface area contributed by atoms with Crippen molar-refractivity contribution >= 4 is 27.5 Å². The molecule has 1 aliphatic heterocycles. The van der Waals surface area contributed by atoms with Crippen molar-refractivity contribution in [1.82, 2.24) is 4.90 Å². The Bertz CT molecular complexity index is 741. The zero-order valence-electron chi connectivity index (χ0n) is 14.7. The van der Waals surface area contributed by atoms with Crippen LogP contribution >= 0.6 is 15.9 Å². The van der Waals surface area contributed by atoms with Gasteiger partial charge in [-0.3, -0.25) is 4.79 Å². The summed E-state index contributed by atoms with van der Waals surface area (Å²) in [5.41, 5.74) is 3.34. The molecule has 0 saturated carbocycles. The van der Waals surface area contributed by atoms with Crippen molar-refractivity contribution in [2.75, 3.05) is 37.7 Å². The molecule has 0 bridgehead atoms. The second kappa shape index (κ2) is 7.91. The fourth-order valence-electron chi connectivity index (χ4n) is 2.99. The highest BCUT2D eigenvalue weighted by Crippen LogP contribution is 2.26. The molecule has 0 atom stereocenters. The number of carbonyl (C=O) groups is 1. The molecule has 0 spiro atoms. The lowest BCUT2D eigenvalue weighted by Gasteiger charge is -2.36. The second-order valence-electron chi connectivity index (χ2n) is 6.36. The van der Waals surface area contributed by atoms with Crippen LogP contribution < -0.4 is 9.64 Å². The van der Waals surface area contributed by atoms with Crippen LogP contribution in [0.5, 0.6) is 5.75 Å². The van der Waals surface area contributed by atoms with Gasteiger partial charge in [-0.05, 0) is 49.2 Å². The average molecular weight is 403 g/mol. The topological polar surface area (TPSA) is 32.8 Å². The van der Waals surface area contributed by atoms with Crippen LogP contribution in [-0.4, -0.2) is 43.6 Å². The number of carbonyl (C=O) groups excluding carboxylic acids is 1.